The number of carbonyl (C=O) groups excluding carboxylic acids is 9. The highest BCUT2D eigenvalue weighted by Gasteiger charge is 2.40. The van der Waals surface area contributed by atoms with Crippen molar-refractivity contribution in [2.45, 2.75) is 125 Å². The Hall–Kier alpha value is -8.23. The van der Waals surface area contributed by atoms with Gasteiger partial charge in [-0.2, -0.15) is 0 Å². The van der Waals surface area contributed by atoms with Crippen LogP contribution in [0.5, 0.6) is 0 Å². The topological polar surface area (TPSA) is 435 Å². The molecular formula is C50H68N14O12. The zero-order valence-corrected chi connectivity index (χ0v) is 41.8. The molecule has 0 unspecified atom stereocenters. The molecule has 0 spiro atoms. The van der Waals surface area contributed by atoms with Crippen molar-refractivity contribution in [1.82, 2.24) is 51.8 Å². The number of primary amides is 2. The number of carbonyl (C=O) groups is 10. The molecule has 0 aliphatic carbocycles. The number of fused-ring (bicyclic) bond motifs is 1. The number of amides is 9. The van der Waals surface area contributed by atoms with Crippen molar-refractivity contribution in [2.24, 2.45) is 22.9 Å². The number of carboxylic acids is 1. The molecule has 9 amide bonds. The summed E-state index contributed by atoms with van der Waals surface area (Å²) in [7, 11) is 0. The lowest BCUT2D eigenvalue weighted by atomic mass is 10.0. The highest BCUT2D eigenvalue weighted by Crippen LogP contribution is 2.22. The fourth-order valence-electron chi connectivity index (χ4n) is 8.71. The van der Waals surface area contributed by atoms with Crippen molar-refractivity contribution in [3.63, 3.8) is 0 Å². The second kappa shape index (κ2) is 29.0. The van der Waals surface area contributed by atoms with E-state index in [1.165, 1.54) is 17.4 Å². The second-order valence-corrected chi connectivity index (χ2v) is 18.5. The summed E-state index contributed by atoms with van der Waals surface area (Å²) in [5, 5.41) is 35.8. The van der Waals surface area contributed by atoms with E-state index >= 15 is 0 Å². The molecule has 5 rings (SSSR count). The van der Waals surface area contributed by atoms with E-state index in [1.54, 1.807) is 36.5 Å². The molecule has 1 fully saturated rings. The van der Waals surface area contributed by atoms with Crippen LogP contribution in [0.25, 0.3) is 10.9 Å². The van der Waals surface area contributed by atoms with Gasteiger partial charge in [-0.25, -0.2) is 4.98 Å². The quantitative estimate of drug-likeness (QED) is 0.0222. The number of imidazole rings is 1. The molecule has 2 aromatic heterocycles. The largest absolute Gasteiger partial charge is 0.481 e. The SMILES string of the molecule is NCCCC[C@H](NC(=O)[C@H](CCC(=O)O)NC(=O)[C@H](Cc1ccccc1)NC(=O)[C@H](CCC(N)=O)NC(=O)[C@@H]1CCCN1C(=O)[C@H](Cc1cnc[nH]1)NC(=O)[C@H](CO)NC(=O)[C@@H](N)Cc1c[nH]c2ccccc12)C(N)=O. The first-order valence-electron chi connectivity index (χ1n) is 24.9. The van der Waals surface area contributed by atoms with E-state index in [1.807, 2.05) is 24.3 Å². The van der Waals surface area contributed by atoms with Crippen molar-refractivity contribution in [1.29, 1.82) is 0 Å². The number of benzene rings is 2. The van der Waals surface area contributed by atoms with Gasteiger partial charge in [-0.3, -0.25) is 47.9 Å². The van der Waals surface area contributed by atoms with Crippen LogP contribution < -0.4 is 54.8 Å². The van der Waals surface area contributed by atoms with E-state index in [0.717, 1.165) is 16.5 Å². The number of aliphatic carboxylic acids is 1. The molecule has 3 heterocycles. The minimum Gasteiger partial charge on any atom is -0.481 e. The minimum atomic E-state index is -1.55. The molecule has 0 saturated carbocycles. The molecule has 0 radical (unpaired) electrons. The number of likely N-dealkylation sites (tertiary alicyclic amines) is 1. The summed E-state index contributed by atoms with van der Waals surface area (Å²) >= 11 is 0. The Balaban J connectivity index is 1.32. The number of aromatic amines is 2. The summed E-state index contributed by atoms with van der Waals surface area (Å²) in [6, 6.07) is 4.75. The number of H-pyrrole nitrogens is 2. The molecule has 8 atom stereocenters. The number of nitrogens with zero attached hydrogens (tertiary/aromatic N) is 2. The predicted molar refractivity (Wildman–Crippen MR) is 273 cm³/mol. The molecule has 4 aromatic rings. The van der Waals surface area contributed by atoms with Gasteiger partial charge in [-0.15, -0.1) is 0 Å². The Bertz CT molecular complexity index is 2650. The number of rotatable bonds is 31. The maximum absolute atomic E-state index is 14.5. The molecule has 2 aromatic carbocycles. The number of nitrogens with one attached hydrogen (secondary N) is 8. The summed E-state index contributed by atoms with van der Waals surface area (Å²) < 4.78 is 0. The van der Waals surface area contributed by atoms with Crippen molar-refractivity contribution < 1.29 is 58.2 Å². The molecule has 26 nitrogen and oxygen atoms in total. The van der Waals surface area contributed by atoms with Gasteiger partial charge in [0.1, 0.15) is 42.3 Å². The summed E-state index contributed by atoms with van der Waals surface area (Å²) in [5.74, 6) is -9.09. The van der Waals surface area contributed by atoms with E-state index in [4.69, 9.17) is 22.9 Å². The van der Waals surface area contributed by atoms with Crippen LogP contribution in [0.3, 0.4) is 0 Å². The maximum atomic E-state index is 14.5. The zero-order chi connectivity index (χ0) is 55.3. The number of aromatic nitrogens is 3. The van der Waals surface area contributed by atoms with Gasteiger partial charge in [0.05, 0.1) is 19.0 Å². The third-order valence-corrected chi connectivity index (χ3v) is 12.8. The van der Waals surface area contributed by atoms with E-state index in [-0.39, 0.29) is 45.1 Å². The number of unbranched alkanes of at least 4 members (excludes halogenated alkanes) is 1. The molecule has 410 valence electrons. The lowest BCUT2D eigenvalue weighted by molar-refractivity contribution is -0.142. The van der Waals surface area contributed by atoms with Crippen LogP contribution >= 0.6 is 0 Å². The van der Waals surface area contributed by atoms with Crippen molar-refractivity contribution in [3.05, 3.63) is 90.1 Å². The predicted octanol–water partition coefficient (Wildman–Crippen LogP) is -3.12. The summed E-state index contributed by atoms with van der Waals surface area (Å²) in [6.45, 7) is -0.528. The Kier molecular flexibility index (Phi) is 22.4. The van der Waals surface area contributed by atoms with Gasteiger partial charge in [0, 0.05) is 61.2 Å². The molecule has 1 aliphatic rings. The van der Waals surface area contributed by atoms with Crippen LogP contribution in [0.2, 0.25) is 0 Å². The fourth-order valence-corrected chi connectivity index (χ4v) is 8.71. The van der Waals surface area contributed by atoms with Gasteiger partial charge in [0.25, 0.3) is 0 Å². The van der Waals surface area contributed by atoms with Gasteiger partial charge >= 0.3 is 5.97 Å². The Morgan fingerprint density at radius 2 is 1.30 bits per heavy atom. The molecule has 76 heavy (non-hydrogen) atoms. The van der Waals surface area contributed by atoms with E-state index in [9.17, 15) is 58.2 Å². The number of hydrogen-bond acceptors (Lipinski definition) is 14. The van der Waals surface area contributed by atoms with Crippen molar-refractivity contribution in [3.8, 4) is 0 Å². The number of nitrogens with two attached hydrogens (primary N) is 4. The van der Waals surface area contributed by atoms with Crippen LogP contribution in [-0.4, -0.2) is 157 Å². The molecule has 1 aliphatic heterocycles. The monoisotopic (exact) mass is 1060 g/mol. The van der Waals surface area contributed by atoms with Gasteiger partial charge in [0.2, 0.25) is 53.2 Å². The zero-order valence-electron chi connectivity index (χ0n) is 41.8. The fraction of sp³-hybridized carbons (Fsp3) is 0.460. The Morgan fingerprint density at radius 3 is 1.96 bits per heavy atom. The number of carboxylic acid groups (broad SMARTS) is 1. The average molecular weight is 1060 g/mol. The number of para-hydroxylation sites is 1. The van der Waals surface area contributed by atoms with Crippen molar-refractivity contribution >= 4 is 70.0 Å². The first-order chi connectivity index (χ1) is 36.4. The Morgan fingerprint density at radius 1 is 0.684 bits per heavy atom. The van der Waals surface area contributed by atoms with Gasteiger partial charge in [-0.05, 0) is 75.1 Å². The van der Waals surface area contributed by atoms with E-state index in [0.29, 0.717) is 37.1 Å². The lowest BCUT2D eigenvalue weighted by Crippen LogP contribution is -2.60. The standard InChI is InChI=1S/C50H68N14O12/c51-19-7-6-13-34(43(54)69)58-45(71)36(16-18-42(67)68)59-47(73)37(21-28-9-2-1-3-10-28)61-46(72)35(15-17-41(53)66)60-49(75)40-14-8-20-64(40)50(76)38(23-30-25-55-27-57-30)62-48(74)39(26-65)63-44(70)32(52)22-29-24-56-33-12-5-4-11-31(29)33/h1-5,9-12,24-25,27,32,34-40,56,65H,6-8,13-23,26,51-52H2,(H2,53,66)(H2,54,69)(H,55,57)(H,58,71)(H,59,73)(H,60,75)(H,61,72)(H,62,74)(H,63,70)(H,67,68)/t32-,34-,35-,36-,37-,38-,39-,40-/m0/s1. The second-order valence-electron chi connectivity index (χ2n) is 18.5. The number of aliphatic hydroxyl groups excluding tert-OH is 1. The maximum Gasteiger partial charge on any atom is 0.303 e. The molecule has 1 saturated heterocycles. The highest BCUT2D eigenvalue weighted by atomic mass is 16.4. The van der Waals surface area contributed by atoms with Gasteiger partial charge in [-0.1, -0.05) is 48.5 Å². The normalized spacial score (nSPS) is 15.9. The third-order valence-electron chi connectivity index (χ3n) is 12.8. The summed E-state index contributed by atoms with van der Waals surface area (Å²) in [5.41, 5.74) is 25.3. The van der Waals surface area contributed by atoms with Crippen LogP contribution in [0.4, 0.5) is 0 Å². The van der Waals surface area contributed by atoms with Gasteiger partial charge in [0.15, 0.2) is 0 Å². The smallest absolute Gasteiger partial charge is 0.303 e. The molecule has 18 N–H and O–H groups in total. The van der Waals surface area contributed by atoms with Gasteiger partial charge < -0.3 is 79.9 Å². The number of hydrogen-bond donors (Lipinski definition) is 14. The minimum absolute atomic E-state index is 0.0249. The summed E-state index contributed by atoms with van der Waals surface area (Å²) in [6.07, 6.45) is 3.91. The molecule has 26 heteroatoms. The molecule has 0 bridgehead atoms. The first kappa shape index (κ1) is 58.7. The van der Waals surface area contributed by atoms with Crippen molar-refractivity contribution in [2.75, 3.05) is 19.7 Å². The lowest BCUT2D eigenvalue weighted by Gasteiger charge is -2.31. The third kappa shape index (κ3) is 17.4. The van der Waals surface area contributed by atoms with E-state index in [2.05, 4.69) is 46.9 Å². The van der Waals surface area contributed by atoms with Crippen LogP contribution in [0, 0.1) is 0 Å². The average Bonchev–Trinajstić information content (AvgIpc) is 4.20. The number of aliphatic hydroxyl groups is 1. The van der Waals surface area contributed by atoms with Crippen LogP contribution in [0.1, 0.15) is 74.6 Å². The van der Waals surface area contributed by atoms with Crippen LogP contribution in [-0.2, 0) is 67.2 Å². The summed E-state index contributed by atoms with van der Waals surface area (Å²) in [4.78, 5) is 145. The van der Waals surface area contributed by atoms with Crippen LogP contribution in [0.15, 0.2) is 73.3 Å². The first-order valence-corrected chi connectivity index (χ1v) is 24.9. The molecular weight excluding hydrogens is 989 g/mol. The van der Waals surface area contributed by atoms with E-state index < -0.39 is 133 Å². The Labute approximate surface area is 437 Å². The highest BCUT2D eigenvalue weighted by molar-refractivity contribution is 5.98.